The lowest BCUT2D eigenvalue weighted by molar-refractivity contribution is -0.149. The lowest BCUT2D eigenvalue weighted by Crippen LogP contribution is -2.50. The van der Waals surface area contributed by atoms with E-state index in [-0.39, 0.29) is 12.3 Å². The predicted molar refractivity (Wildman–Crippen MR) is 69.1 cm³/mol. The topological polar surface area (TPSA) is 109 Å². The molecule has 19 heavy (non-hydrogen) atoms. The first kappa shape index (κ1) is 15.5. The minimum Gasteiger partial charge on any atom is -0.481 e. The molecule has 1 rings (SSSR count). The van der Waals surface area contributed by atoms with Crippen LogP contribution in [0.1, 0.15) is 46.0 Å². The van der Waals surface area contributed by atoms with Gasteiger partial charge in [-0.05, 0) is 26.7 Å². The number of rotatable bonds is 5. The van der Waals surface area contributed by atoms with Crippen LogP contribution in [-0.2, 0) is 14.4 Å². The lowest BCUT2D eigenvalue weighted by Gasteiger charge is -2.32. The van der Waals surface area contributed by atoms with Gasteiger partial charge in [0.15, 0.2) is 0 Å². The van der Waals surface area contributed by atoms with E-state index in [1.165, 1.54) is 0 Å². The molecule has 0 aromatic heterocycles. The van der Waals surface area contributed by atoms with Crippen LogP contribution in [0.2, 0.25) is 0 Å². The minimum absolute atomic E-state index is 0.0310. The van der Waals surface area contributed by atoms with Gasteiger partial charge >= 0.3 is 5.97 Å². The number of nitrogens with two attached hydrogens (primary N) is 1. The number of carboxylic acid groups (broad SMARTS) is 1. The summed E-state index contributed by atoms with van der Waals surface area (Å²) in [4.78, 5) is 34.3. The van der Waals surface area contributed by atoms with Crippen molar-refractivity contribution in [1.82, 2.24) is 5.32 Å². The van der Waals surface area contributed by atoms with Crippen LogP contribution < -0.4 is 11.1 Å². The zero-order chi connectivity index (χ0) is 14.6. The third kappa shape index (κ3) is 4.54. The maximum absolute atomic E-state index is 12.2. The molecule has 4 N–H and O–H groups in total. The Morgan fingerprint density at radius 3 is 2.21 bits per heavy atom. The van der Waals surface area contributed by atoms with E-state index < -0.39 is 29.3 Å². The Hall–Kier alpha value is -1.59. The van der Waals surface area contributed by atoms with E-state index in [1.54, 1.807) is 13.8 Å². The third-order valence-electron chi connectivity index (χ3n) is 3.50. The number of carbonyl (C=O) groups is 3. The van der Waals surface area contributed by atoms with Gasteiger partial charge in [-0.2, -0.15) is 0 Å². The molecule has 1 aliphatic carbocycles. The minimum atomic E-state index is -0.924. The van der Waals surface area contributed by atoms with Gasteiger partial charge in [0.25, 0.3) is 0 Å². The van der Waals surface area contributed by atoms with Crippen molar-refractivity contribution in [1.29, 1.82) is 0 Å². The van der Waals surface area contributed by atoms with Crippen LogP contribution in [0.3, 0.4) is 0 Å². The van der Waals surface area contributed by atoms with Gasteiger partial charge in [0.1, 0.15) is 0 Å². The number of nitrogens with one attached hydrogen (secondary N) is 1. The standard InChI is InChI=1S/C13H22N2O4/c1-13(2,7-10(14)16)15-11(17)8-5-3-4-6-9(8)12(18)19/h8-9H,3-7H2,1-2H3,(H2,14,16)(H,15,17)(H,18,19)/t8-,9+/m1/s1. The molecule has 108 valence electrons. The Kier molecular flexibility index (Phi) is 4.91. The molecule has 6 nitrogen and oxygen atoms in total. The van der Waals surface area contributed by atoms with Crippen molar-refractivity contribution in [2.75, 3.05) is 0 Å². The van der Waals surface area contributed by atoms with Crippen molar-refractivity contribution >= 4 is 17.8 Å². The summed E-state index contributed by atoms with van der Waals surface area (Å²) in [5.41, 5.74) is 4.38. The second-order valence-corrected chi connectivity index (χ2v) is 5.85. The maximum Gasteiger partial charge on any atom is 0.307 e. The molecule has 0 heterocycles. The van der Waals surface area contributed by atoms with Crippen molar-refractivity contribution < 1.29 is 19.5 Å². The van der Waals surface area contributed by atoms with Crippen LogP contribution >= 0.6 is 0 Å². The molecule has 1 aliphatic rings. The molecule has 0 aromatic carbocycles. The molecule has 0 radical (unpaired) electrons. The predicted octanol–water partition coefficient (Wildman–Crippen LogP) is 0.648. The van der Waals surface area contributed by atoms with E-state index in [2.05, 4.69) is 5.32 Å². The Balaban J connectivity index is 2.70. The summed E-state index contributed by atoms with van der Waals surface area (Å²) in [5.74, 6) is -2.86. The number of primary amides is 1. The first-order chi connectivity index (χ1) is 8.73. The average Bonchev–Trinajstić information content (AvgIpc) is 2.26. The fourth-order valence-corrected chi connectivity index (χ4v) is 2.65. The van der Waals surface area contributed by atoms with E-state index >= 15 is 0 Å². The highest BCUT2D eigenvalue weighted by Crippen LogP contribution is 2.31. The quantitative estimate of drug-likeness (QED) is 0.681. The number of carboxylic acids is 1. The van der Waals surface area contributed by atoms with Crippen LogP contribution in [0.25, 0.3) is 0 Å². The lowest BCUT2D eigenvalue weighted by atomic mass is 9.78. The number of carbonyl (C=O) groups excluding carboxylic acids is 2. The van der Waals surface area contributed by atoms with E-state index in [9.17, 15) is 14.4 Å². The number of hydrogen-bond donors (Lipinski definition) is 3. The van der Waals surface area contributed by atoms with Crippen molar-refractivity contribution in [2.45, 2.75) is 51.5 Å². The van der Waals surface area contributed by atoms with Crippen molar-refractivity contribution in [2.24, 2.45) is 17.6 Å². The molecule has 0 saturated heterocycles. The molecular formula is C13H22N2O4. The number of hydrogen-bond acceptors (Lipinski definition) is 3. The normalized spacial score (nSPS) is 23.7. The Labute approximate surface area is 112 Å². The fourth-order valence-electron chi connectivity index (χ4n) is 2.65. The first-order valence-electron chi connectivity index (χ1n) is 6.56. The van der Waals surface area contributed by atoms with E-state index in [4.69, 9.17) is 10.8 Å². The second-order valence-electron chi connectivity index (χ2n) is 5.85. The highest BCUT2D eigenvalue weighted by Gasteiger charge is 2.37. The monoisotopic (exact) mass is 270 g/mol. The summed E-state index contributed by atoms with van der Waals surface area (Å²) in [7, 11) is 0. The molecular weight excluding hydrogens is 248 g/mol. The maximum atomic E-state index is 12.2. The number of aliphatic carboxylic acids is 1. The van der Waals surface area contributed by atoms with E-state index in [0.717, 1.165) is 12.8 Å². The van der Waals surface area contributed by atoms with Crippen molar-refractivity contribution in [3.8, 4) is 0 Å². The van der Waals surface area contributed by atoms with Gasteiger partial charge in [-0.1, -0.05) is 12.8 Å². The average molecular weight is 270 g/mol. The summed E-state index contributed by atoms with van der Waals surface area (Å²) in [6, 6.07) is 0. The highest BCUT2D eigenvalue weighted by molar-refractivity contribution is 5.86. The van der Waals surface area contributed by atoms with Crippen LogP contribution in [0.15, 0.2) is 0 Å². The first-order valence-corrected chi connectivity index (χ1v) is 6.56. The Morgan fingerprint density at radius 1 is 1.21 bits per heavy atom. The van der Waals surface area contributed by atoms with Gasteiger partial charge in [-0.3, -0.25) is 14.4 Å². The molecule has 6 heteroatoms. The largest absolute Gasteiger partial charge is 0.481 e. The smallest absolute Gasteiger partial charge is 0.307 e. The van der Waals surface area contributed by atoms with Gasteiger partial charge in [0.2, 0.25) is 11.8 Å². The van der Waals surface area contributed by atoms with Crippen molar-refractivity contribution in [3.63, 3.8) is 0 Å². The molecule has 1 saturated carbocycles. The van der Waals surface area contributed by atoms with Crippen LogP contribution in [0.5, 0.6) is 0 Å². The Bertz CT molecular complexity index is 379. The van der Waals surface area contributed by atoms with Gasteiger partial charge in [0, 0.05) is 12.0 Å². The molecule has 0 aromatic rings. The molecule has 1 fully saturated rings. The molecule has 0 aliphatic heterocycles. The van der Waals surface area contributed by atoms with Crippen LogP contribution in [0.4, 0.5) is 0 Å². The summed E-state index contributed by atoms with van der Waals surface area (Å²) < 4.78 is 0. The zero-order valence-corrected chi connectivity index (χ0v) is 11.4. The highest BCUT2D eigenvalue weighted by atomic mass is 16.4. The zero-order valence-electron chi connectivity index (χ0n) is 11.4. The van der Waals surface area contributed by atoms with Gasteiger partial charge < -0.3 is 16.2 Å². The SMILES string of the molecule is CC(C)(CC(N)=O)NC(=O)[C@@H]1CCCC[C@@H]1C(=O)O. The van der Waals surface area contributed by atoms with E-state index in [1.807, 2.05) is 0 Å². The number of amides is 2. The molecule has 0 bridgehead atoms. The summed E-state index contributed by atoms with van der Waals surface area (Å²) >= 11 is 0. The second kappa shape index (κ2) is 6.04. The van der Waals surface area contributed by atoms with Gasteiger partial charge in [-0.15, -0.1) is 0 Å². The van der Waals surface area contributed by atoms with E-state index in [0.29, 0.717) is 12.8 Å². The molecule has 0 unspecified atom stereocenters. The molecule has 2 atom stereocenters. The van der Waals surface area contributed by atoms with Gasteiger partial charge in [0.05, 0.1) is 11.8 Å². The van der Waals surface area contributed by atoms with Crippen molar-refractivity contribution in [3.05, 3.63) is 0 Å². The summed E-state index contributed by atoms with van der Waals surface area (Å²) in [5, 5.41) is 11.9. The molecule has 2 amide bonds. The summed E-state index contributed by atoms with van der Waals surface area (Å²) in [6.45, 7) is 3.41. The van der Waals surface area contributed by atoms with Crippen LogP contribution in [-0.4, -0.2) is 28.4 Å². The Morgan fingerprint density at radius 2 is 1.74 bits per heavy atom. The third-order valence-corrected chi connectivity index (χ3v) is 3.50. The van der Waals surface area contributed by atoms with Crippen LogP contribution in [0, 0.1) is 11.8 Å². The molecule has 0 spiro atoms. The van der Waals surface area contributed by atoms with Gasteiger partial charge in [-0.25, -0.2) is 0 Å². The summed E-state index contributed by atoms with van der Waals surface area (Å²) in [6.07, 6.45) is 2.84. The fraction of sp³-hybridized carbons (Fsp3) is 0.769.